The SMILES string of the molecule is CC(C)c1noc(C2CCN(C(=O)[C@H]3C[C@@H](N)[C@H](O)C3)CC2)n1.Cl. The molecule has 2 aliphatic rings. The van der Waals surface area contributed by atoms with E-state index in [0.717, 1.165) is 18.7 Å². The van der Waals surface area contributed by atoms with Gasteiger partial charge in [-0.05, 0) is 25.7 Å². The maximum atomic E-state index is 12.5. The first kappa shape index (κ1) is 19.1. The molecule has 1 aliphatic carbocycles. The van der Waals surface area contributed by atoms with Gasteiger partial charge < -0.3 is 20.3 Å². The summed E-state index contributed by atoms with van der Waals surface area (Å²) in [7, 11) is 0. The van der Waals surface area contributed by atoms with Gasteiger partial charge in [0.15, 0.2) is 5.82 Å². The summed E-state index contributed by atoms with van der Waals surface area (Å²) in [4.78, 5) is 18.9. The second-order valence-electron chi connectivity index (χ2n) is 7.14. The third-order valence-electron chi connectivity index (χ3n) is 5.06. The molecular formula is C16H27ClN4O3. The molecule has 0 radical (unpaired) electrons. The number of carbonyl (C=O) groups is 1. The lowest BCUT2D eigenvalue weighted by molar-refractivity contribution is -0.136. The van der Waals surface area contributed by atoms with Crippen molar-refractivity contribution >= 4 is 18.3 Å². The molecule has 24 heavy (non-hydrogen) atoms. The summed E-state index contributed by atoms with van der Waals surface area (Å²) in [6.45, 7) is 5.47. The number of amides is 1. The fourth-order valence-electron chi connectivity index (χ4n) is 3.50. The van der Waals surface area contributed by atoms with Crippen LogP contribution < -0.4 is 5.73 Å². The summed E-state index contributed by atoms with van der Waals surface area (Å²) in [5.41, 5.74) is 5.81. The number of aromatic nitrogens is 2. The molecule has 3 rings (SSSR count). The van der Waals surface area contributed by atoms with Crippen molar-refractivity contribution in [3.05, 3.63) is 11.7 Å². The number of aliphatic hydroxyl groups excluding tert-OH is 1. The molecular weight excluding hydrogens is 332 g/mol. The van der Waals surface area contributed by atoms with Gasteiger partial charge in [-0.1, -0.05) is 19.0 Å². The van der Waals surface area contributed by atoms with Crippen LogP contribution in [0.1, 0.15) is 63.1 Å². The summed E-state index contributed by atoms with van der Waals surface area (Å²) >= 11 is 0. The normalized spacial score (nSPS) is 28.2. The Hall–Kier alpha value is -1.18. The summed E-state index contributed by atoms with van der Waals surface area (Å²) in [5, 5.41) is 13.7. The Morgan fingerprint density at radius 3 is 2.50 bits per heavy atom. The summed E-state index contributed by atoms with van der Waals surface area (Å²) < 4.78 is 5.37. The van der Waals surface area contributed by atoms with Gasteiger partial charge in [-0.3, -0.25) is 4.79 Å². The minimum absolute atomic E-state index is 0. The number of rotatable bonds is 3. The predicted molar refractivity (Wildman–Crippen MR) is 90.9 cm³/mol. The average molecular weight is 359 g/mol. The maximum Gasteiger partial charge on any atom is 0.229 e. The maximum absolute atomic E-state index is 12.5. The van der Waals surface area contributed by atoms with E-state index in [4.69, 9.17) is 10.3 Å². The third-order valence-corrected chi connectivity index (χ3v) is 5.06. The molecule has 0 unspecified atom stereocenters. The van der Waals surface area contributed by atoms with Crippen molar-refractivity contribution in [1.29, 1.82) is 0 Å². The van der Waals surface area contributed by atoms with Gasteiger partial charge in [0.1, 0.15) is 0 Å². The lowest BCUT2D eigenvalue weighted by atomic mass is 9.95. The molecule has 0 spiro atoms. The molecule has 1 saturated heterocycles. The molecule has 3 atom stereocenters. The zero-order chi connectivity index (χ0) is 16.6. The molecule has 0 bridgehead atoms. The second-order valence-corrected chi connectivity index (χ2v) is 7.14. The van der Waals surface area contributed by atoms with E-state index in [9.17, 15) is 9.90 Å². The van der Waals surface area contributed by atoms with Gasteiger partial charge in [0.05, 0.1) is 6.10 Å². The van der Waals surface area contributed by atoms with Crippen molar-refractivity contribution in [3.63, 3.8) is 0 Å². The number of hydrogen-bond donors (Lipinski definition) is 2. The van der Waals surface area contributed by atoms with Crippen molar-refractivity contribution in [1.82, 2.24) is 15.0 Å². The molecule has 7 nitrogen and oxygen atoms in total. The number of carbonyl (C=O) groups excluding carboxylic acids is 1. The highest BCUT2D eigenvalue weighted by atomic mass is 35.5. The predicted octanol–water partition coefficient (Wildman–Crippen LogP) is 1.42. The zero-order valence-electron chi connectivity index (χ0n) is 14.2. The van der Waals surface area contributed by atoms with E-state index >= 15 is 0 Å². The van der Waals surface area contributed by atoms with Crippen molar-refractivity contribution in [3.8, 4) is 0 Å². The quantitative estimate of drug-likeness (QED) is 0.846. The van der Waals surface area contributed by atoms with Crippen LogP contribution in [-0.4, -0.2) is 51.3 Å². The Morgan fingerprint density at radius 1 is 1.33 bits per heavy atom. The molecule has 1 amide bonds. The second kappa shape index (κ2) is 7.80. The van der Waals surface area contributed by atoms with E-state index < -0.39 is 6.10 Å². The molecule has 2 heterocycles. The first-order chi connectivity index (χ1) is 11.0. The standard InChI is InChI=1S/C16H26N4O3.ClH/c1-9(2)14-18-15(23-19-14)10-3-5-20(6-4-10)16(22)11-7-12(17)13(21)8-11;/h9-13,21H,3-8,17H2,1-2H3;1H/t11-,12+,13+;/m0./s1. The van der Waals surface area contributed by atoms with Crippen LogP contribution in [0.2, 0.25) is 0 Å². The van der Waals surface area contributed by atoms with Gasteiger partial charge in [-0.2, -0.15) is 4.98 Å². The van der Waals surface area contributed by atoms with Gasteiger partial charge in [-0.15, -0.1) is 12.4 Å². The molecule has 1 aromatic rings. The summed E-state index contributed by atoms with van der Waals surface area (Å²) in [6, 6.07) is -0.269. The average Bonchev–Trinajstić information content (AvgIpc) is 3.15. The highest BCUT2D eigenvalue weighted by Gasteiger charge is 2.38. The van der Waals surface area contributed by atoms with Gasteiger partial charge in [0.2, 0.25) is 11.8 Å². The topological polar surface area (TPSA) is 105 Å². The molecule has 8 heteroatoms. The van der Waals surface area contributed by atoms with Crippen molar-refractivity contribution < 1.29 is 14.4 Å². The van der Waals surface area contributed by atoms with Gasteiger partial charge in [0, 0.05) is 36.9 Å². The fraction of sp³-hybridized carbons (Fsp3) is 0.812. The summed E-state index contributed by atoms with van der Waals surface area (Å²) in [5.74, 6) is 1.92. The van der Waals surface area contributed by atoms with Crippen LogP contribution in [0.3, 0.4) is 0 Å². The lowest BCUT2D eigenvalue weighted by Crippen LogP contribution is -2.41. The minimum Gasteiger partial charge on any atom is -0.391 e. The summed E-state index contributed by atoms with van der Waals surface area (Å²) in [6.07, 6.45) is 2.21. The molecule has 2 fully saturated rings. The van der Waals surface area contributed by atoms with Crippen molar-refractivity contribution in [2.45, 2.75) is 63.5 Å². The van der Waals surface area contributed by atoms with Gasteiger partial charge >= 0.3 is 0 Å². The van der Waals surface area contributed by atoms with E-state index in [1.807, 2.05) is 18.7 Å². The number of hydrogen-bond acceptors (Lipinski definition) is 6. The van der Waals surface area contributed by atoms with Crippen molar-refractivity contribution in [2.75, 3.05) is 13.1 Å². The smallest absolute Gasteiger partial charge is 0.229 e. The largest absolute Gasteiger partial charge is 0.391 e. The van der Waals surface area contributed by atoms with E-state index in [0.29, 0.717) is 31.8 Å². The van der Waals surface area contributed by atoms with E-state index in [1.165, 1.54) is 0 Å². The number of halogens is 1. The third kappa shape index (κ3) is 3.90. The molecule has 1 aromatic heterocycles. The number of aliphatic hydroxyl groups is 1. The Morgan fingerprint density at radius 2 is 2.00 bits per heavy atom. The Kier molecular flexibility index (Phi) is 6.22. The Bertz CT molecular complexity index is 547. The fourth-order valence-corrected chi connectivity index (χ4v) is 3.50. The number of nitrogens with zero attached hydrogens (tertiary/aromatic N) is 3. The lowest BCUT2D eigenvalue weighted by Gasteiger charge is -2.32. The van der Waals surface area contributed by atoms with Crippen LogP contribution in [0.5, 0.6) is 0 Å². The Balaban J connectivity index is 0.00000208. The van der Waals surface area contributed by atoms with Crippen LogP contribution in [0, 0.1) is 5.92 Å². The molecule has 1 aliphatic heterocycles. The van der Waals surface area contributed by atoms with E-state index in [2.05, 4.69) is 10.1 Å². The van der Waals surface area contributed by atoms with E-state index in [1.54, 1.807) is 0 Å². The van der Waals surface area contributed by atoms with Crippen LogP contribution in [0.4, 0.5) is 0 Å². The molecule has 0 aromatic carbocycles. The highest BCUT2D eigenvalue weighted by Crippen LogP contribution is 2.31. The van der Waals surface area contributed by atoms with Crippen molar-refractivity contribution in [2.24, 2.45) is 11.7 Å². The minimum atomic E-state index is -0.547. The number of likely N-dealkylation sites (tertiary alicyclic amines) is 1. The van der Waals surface area contributed by atoms with Gasteiger partial charge in [-0.25, -0.2) is 0 Å². The van der Waals surface area contributed by atoms with Crippen LogP contribution in [0.25, 0.3) is 0 Å². The Labute approximate surface area is 148 Å². The molecule has 1 saturated carbocycles. The molecule has 3 N–H and O–H groups in total. The zero-order valence-corrected chi connectivity index (χ0v) is 15.0. The number of nitrogens with two attached hydrogens (primary N) is 1. The monoisotopic (exact) mass is 358 g/mol. The first-order valence-electron chi connectivity index (χ1n) is 8.51. The van der Waals surface area contributed by atoms with Crippen LogP contribution in [0.15, 0.2) is 4.52 Å². The van der Waals surface area contributed by atoms with E-state index in [-0.39, 0.29) is 42.1 Å². The molecule has 136 valence electrons. The number of piperidine rings is 1. The highest BCUT2D eigenvalue weighted by molar-refractivity contribution is 5.85. The van der Waals surface area contributed by atoms with Crippen LogP contribution in [-0.2, 0) is 4.79 Å². The first-order valence-corrected chi connectivity index (χ1v) is 8.51. The van der Waals surface area contributed by atoms with Gasteiger partial charge in [0.25, 0.3) is 0 Å². The van der Waals surface area contributed by atoms with Crippen LogP contribution >= 0.6 is 12.4 Å².